The van der Waals surface area contributed by atoms with Crippen molar-refractivity contribution in [1.82, 2.24) is 0 Å². The molecule has 0 aliphatic heterocycles. The summed E-state index contributed by atoms with van der Waals surface area (Å²) >= 11 is 0. The van der Waals surface area contributed by atoms with Crippen LogP contribution in [0.4, 0.5) is 0 Å². The quantitative estimate of drug-likeness (QED) is 0.811. The molecule has 1 unspecified atom stereocenters. The number of hydrogen-bond donors (Lipinski definition) is 2. The third kappa shape index (κ3) is 2.76. The zero-order chi connectivity index (χ0) is 13.0. The van der Waals surface area contributed by atoms with Crippen molar-refractivity contribution >= 4 is 0 Å². The smallest absolute Gasteiger partial charge is 0.0502 e. The van der Waals surface area contributed by atoms with Crippen molar-refractivity contribution in [3.8, 4) is 0 Å². The minimum absolute atomic E-state index is 0.123. The molecule has 1 atom stereocenters. The van der Waals surface area contributed by atoms with Gasteiger partial charge < -0.3 is 10.8 Å². The molecule has 0 amide bonds. The van der Waals surface area contributed by atoms with Gasteiger partial charge in [-0.25, -0.2) is 0 Å². The third-order valence-corrected chi connectivity index (χ3v) is 4.29. The molecule has 0 heterocycles. The second kappa shape index (κ2) is 5.85. The van der Waals surface area contributed by atoms with E-state index in [0.717, 1.165) is 19.3 Å². The number of rotatable bonds is 6. The Kier molecular flexibility index (Phi) is 4.41. The van der Waals surface area contributed by atoms with Crippen LogP contribution < -0.4 is 5.73 Å². The van der Waals surface area contributed by atoms with Crippen molar-refractivity contribution in [3.63, 3.8) is 0 Å². The first kappa shape index (κ1) is 13.6. The normalized spacial score (nSPS) is 17.5. The van der Waals surface area contributed by atoms with E-state index in [4.69, 9.17) is 5.73 Å². The maximum absolute atomic E-state index is 9.68. The number of nitrogens with two attached hydrogens (primary N) is 1. The summed E-state index contributed by atoms with van der Waals surface area (Å²) < 4.78 is 0. The molecule has 1 aliphatic carbocycles. The largest absolute Gasteiger partial charge is 0.396 e. The topological polar surface area (TPSA) is 46.2 Å². The van der Waals surface area contributed by atoms with Crippen LogP contribution in [-0.2, 0) is 19.3 Å². The predicted molar refractivity (Wildman–Crippen MR) is 75.7 cm³/mol. The Labute approximate surface area is 110 Å². The monoisotopic (exact) mass is 247 g/mol. The highest BCUT2D eigenvalue weighted by Gasteiger charge is 2.27. The molecule has 0 spiro atoms. The van der Waals surface area contributed by atoms with Gasteiger partial charge in [-0.3, -0.25) is 0 Å². The van der Waals surface area contributed by atoms with E-state index in [1.54, 1.807) is 0 Å². The van der Waals surface area contributed by atoms with Crippen molar-refractivity contribution in [2.24, 2.45) is 11.1 Å². The van der Waals surface area contributed by atoms with Crippen LogP contribution >= 0.6 is 0 Å². The molecule has 0 saturated carbocycles. The molecule has 0 aromatic heterocycles. The molecule has 0 saturated heterocycles. The van der Waals surface area contributed by atoms with Crippen molar-refractivity contribution in [1.29, 1.82) is 0 Å². The lowest BCUT2D eigenvalue weighted by Crippen LogP contribution is -2.36. The number of fused-ring (bicyclic) bond motifs is 1. The maximum atomic E-state index is 9.68. The van der Waals surface area contributed by atoms with Crippen molar-refractivity contribution < 1.29 is 5.11 Å². The van der Waals surface area contributed by atoms with E-state index in [-0.39, 0.29) is 12.0 Å². The van der Waals surface area contributed by atoms with E-state index in [1.165, 1.54) is 36.0 Å². The van der Waals surface area contributed by atoms with Crippen molar-refractivity contribution in [2.75, 3.05) is 13.2 Å². The lowest BCUT2D eigenvalue weighted by molar-refractivity contribution is 0.121. The molecule has 2 heteroatoms. The van der Waals surface area contributed by atoms with Crippen LogP contribution in [0, 0.1) is 5.41 Å². The van der Waals surface area contributed by atoms with E-state index in [0.29, 0.717) is 6.54 Å². The molecule has 0 bridgehead atoms. The summed E-state index contributed by atoms with van der Waals surface area (Å²) in [5, 5.41) is 9.68. The van der Waals surface area contributed by atoms with Gasteiger partial charge in [0.25, 0.3) is 0 Å². The second-order valence-corrected chi connectivity index (χ2v) is 5.75. The predicted octanol–water partition coefficient (Wildman–Crippen LogP) is 2.46. The first-order valence-electron chi connectivity index (χ1n) is 7.14. The van der Waals surface area contributed by atoms with Gasteiger partial charge in [-0.05, 0) is 48.8 Å². The number of aliphatic hydroxyl groups is 1. The van der Waals surface area contributed by atoms with Gasteiger partial charge in [0.15, 0.2) is 0 Å². The highest BCUT2D eigenvalue weighted by Crippen LogP contribution is 2.30. The van der Waals surface area contributed by atoms with Gasteiger partial charge in [-0.15, -0.1) is 0 Å². The number of aliphatic hydroxyl groups excluding tert-OH is 1. The molecule has 2 nitrogen and oxygen atoms in total. The summed E-state index contributed by atoms with van der Waals surface area (Å²) in [5.41, 5.74) is 10.1. The van der Waals surface area contributed by atoms with E-state index in [2.05, 4.69) is 25.1 Å². The van der Waals surface area contributed by atoms with Gasteiger partial charge in [-0.2, -0.15) is 0 Å². The molecule has 3 N–H and O–H groups in total. The standard InChI is InChI=1S/C16H25NO/c1-2-8-16(11-17,12-18)10-13-6-7-14-4-3-5-15(14)9-13/h6-7,9,18H,2-5,8,10-12,17H2,1H3. The number of aryl methyl sites for hydroxylation is 2. The summed E-state index contributed by atoms with van der Waals surface area (Å²) in [7, 11) is 0. The van der Waals surface area contributed by atoms with Crippen molar-refractivity contribution in [2.45, 2.75) is 45.4 Å². The fraction of sp³-hybridized carbons (Fsp3) is 0.625. The molecular formula is C16H25NO. The zero-order valence-electron chi connectivity index (χ0n) is 11.4. The number of hydrogen-bond acceptors (Lipinski definition) is 2. The van der Waals surface area contributed by atoms with Crippen LogP contribution in [0.3, 0.4) is 0 Å². The minimum Gasteiger partial charge on any atom is -0.396 e. The third-order valence-electron chi connectivity index (χ3n) is 4.29. The highest BCUT2D eigenvalue weighted by atomic mass is 16.3. The Bertz CT molecular complexity index is 396. The summed E-state index contributed by atoms with van der Waals surface area (Å²) in [6, 6.07) is 6.82. The van der Waals surface area contributed by atoms with Crippen LogP contribution in [0.1, 0.15) is 42.9 Å². The number of benzene rings is 1. The Morgan fingerprint density at radius 2 is 2.06 bits per heavy atom. The van der Waals surface area contributed by atoms with Gasteiger partial charge >= 0.3 is 0 Å². The fourth-order valence-corrected chi connectivity index (χ4v) is 3.16. The fourth-order valence-electron chi connectivity index (χ4n) is 3.16. The Morgan fingerprint density at radius 1 is 1.28 bits per heavy atom. The summed E-state index contributed by atoms with van der Waals surface area (Å²) in [4.78, 5) is 0. The average Bonchev–Trinajstić information content (AvgIpc) is 2.85. The maximum Gasteiger partial charge on any atom is 0.0502 e. The molecule has 1 aromatic carbocycles. The van der Waals surface area contributed by atoms with Crippen LogP contribution in [0.2, 0.25) is 0 Å². The van der Waals surface area contributed by atoms with Crippen LogP contribution in [0.25, 0.3) is 0 Å². The molecule has 0 radical (unpaired) electrons. The van der Waals surface area contributed by atoms with E-state index in [1.807, 2.05) is 0 Å². The zero-order valence-corrected chi connectivity index (χ0v) is 11.4. The highest BCUT2D eigenvalue weighted by molar-refractivity contribution is 5.35. The van der Waals surface area contributed by atoms with Gasteiger partial charge in [0.2, 0.25) is 0 Å². The first-order valence-corrected chi connectivity index (χ1v) is 7.14. The van der Waals surface area contributed by atoms with Gasteiger partial charge in [0, 0.05) is 12.0 Å². The first-order chi connectivity index (χ1) is 8.73. The molecular weight excluding hydrogens is 222 g/mol. The molecule has 2 rings (SSSR count). The minimum atomic E-state index is -0.123. The Balaban J connectivity index is 2.16. The average molecular weight is 247 g/mol. The SMILES string of the molecule is CCCC(CN)(CO)Cc1ccc2c(c1)CCC2. The molecule has 0 fully saturated rings. The van der Waals surface area contributed by atoms with Crippen LogP contribution in [-0.4, -0.2) is 18.3 Å². The van der Waals surface area contributed by atoms with Crippen LogP contribution in [0.5, 0.6) is 0 Å². The van der Waals surface area contributed by atoms with E-state index >= 15 is 0 Å². The Hall–Kier alpha value is -0.860. The van der Waals surface area contributed by atoms with E-state index in [9.17, 15) is 5.11 Å². The van der Waals surface area contributed by atoms with E-state index < -0.39 is 0 Å². The lowest BCUT2D eigenvalue weighted by atomic mass is 9.78. The molecule has 18 heavy (non-hydrogen) atoms. The summed E-state index contributed by atoms with van der Waals surface area (Å²) in [6.07, 6.45) is 6.70. The molecule has 1 aromatic rings. The van der Waals surface area contributed by atoms with Gasteiger partial charge in [0.1, 0.15) is 0 Å². The van der Waals surface area contributed by atoms with Crippen molar-refractivity contribution in [3.05, 3.63) is 34.9 Å². The summed E-state index contributed by atoms with van der Waals surface area (Å²) in [5.74, 6) is 0. The molecule has 100 valence electrons. The summed E-state index contributed by atoms with van der Waals surface area (Å²) in [6.45, 7) is 2.91. The Morgan fingerprint density at radius 3 is 2.72 bits per heavy atom. The van der Waals surface area contributed by atoms with Gasteiger partial charge in [-0.1, -0.05) is 31.5 Å². The molecule has 1 aliphatic rings. The van der Waals surface area contributed by atoms with Gasteiger partial charge in [0.05, 0.1) is 6.61 Å². The lowest BCUT2D eigenvalue weighted by Gasteiger charge is -2.30. The van der Waals surface area contributed by atoms with Crippen LogP contribution in [0.15, 0.2) is 18.2 Å². The second-order valence-electron chi connectivity index (χ2n) is 5.75.